The molecular weight excluding hydrogens is 480 g/mol. The number of hydrogen-bond donors (Lipinski definition) is 5. The summed E-state index contributed by atoms with van der Waals surface area (Å²) in [5.41, 5.74) is 3.16. The number of aromatic nitrogens is 3. The second kappa shape index (κ2) is 9.59. The molecule has 0 radical (unpaired) electrons. The summed E-state index contributed by atoms with van der Waals surface area (Å²) in [6, 6.07) is 8.24. The molecule has 186 valence electrons. The molecule has 4 aromatic rings. The number of phenols is 1. The minimum atomic E-state index is -0.394. The van der Waals surface area contributed by atoms with Crippen molar-refractivity contribution in [1.82, 2.24) is 19.2 Å². The highest BCUT2D eigenvalue weighted by molar-refractivity contribution is 7.11. The molecule has 1 saturated heterocycles. The van der Waals surface area contributed by atoms with Crippen LogP contribution in [0.2, 0.25) is 0 Å². The van der Waals surface area contributed by atoms with E-state index in [1.165, 1.54) is 16.7 Å². The van der Waals surface area contributed by atoms with Gasteiger partial charge in [-0.3, -0.25) is 19.8 Å². The van der Waals surface area contributed by atoms with Crippen LogP contribution in [0.5, 0.6) is 11.6 Å². The molecule has 5 N–H and O–H groups in total. The lowest BCUT2D eigenvalue weighted by Crippen LogP contribution is -2.31. The maximum absolute atomic E-state index is 13.4. The van der Waals surface area contributed by atoms with Gasteiger partial charge in [0.1, 0.15) is 22.1 Å². The fraction of sp³-hybridized carbons (Fsp3) is 0.280. The Labute approximate surface area is 211 Å². The number of anilines is 2. The summed E-state index contributed by atoms with van der Waals surface area (Å²) in [6.07, 6.45) is 3.63. The van der Waals surface area contributed by atoms with Gasteiger partial charge >= 0.3 is 0 Å². The summed E-state index contributed by atoms with van der Waals surface area (Å²) in [5.74, 6) is -0.796. The van der Waals surface area contributed by atoms with Gasteiger partial charge in [0.15, 0.2) is 0 Å². The van der Waals surface area contributed by atoms with Crippen LogP contribution in [0.15, 0.2) is 36.5 Å². The Hall–Kier alpha value is -3.96. The molecule has 3 aromatic heterocycles. The molecule has 0 saturated carbocycles. The average molecular weight is 507 g/mol. The van der Waals surface area contributed by atoms with Gasteiger partial charge in [-0.2, -0.15) is 4.37 Å². The summed E-state index contributed by atoms with van der Waals surface area (Å²) in [6.45, 7) is 4.94. The summed E-state index contributed by atoms with van der Waals surface area (Å²) in [7, 11) is 0. The summed E-state index contributed by atoms with van der Waals surface area (Å²) in [5, 5.41) is 36.6. The number of pyridine rings is 1. The Morgan fingerprint density at radius 1 is 1.28 bits per heavy atom. The molecule has 5 rings (SSSR count). The van der Waals surface area contributed by atoms with Gasteiger partial charge in [-0.25, -0.2) is 0 Å². The van der Waals surface area contributed by atoms with Gasteiger partial charge in [0.25, 0.3) is 5.91 Å². The Kier molecular flexibility index (Phi) is 6.33. The number of aryl methyl sites for hydroxylation is 2. The number of nitrogens with one attached hydrogen (secondary N) is 3. The first-order valence-corrected chi connectivity index (χ1v) is 12.3. The molecule has 0 amide bonds. The van der Waals surface area contributed by atoms with Gasteiger partial charge in [-0.15, -0.1) is 0 Å². The highest BCUT2D eigenvalue weighted by Gasteiger charge is 2.22. The third kappa shape index (κ3) is 4.50. The average Bonchev–Trinajstić information content (AvgIpc) is 3.59. The van der Waals surface area contributed by atoms with Crippen molar-refractivity contribution >= 4 is 44.9 Å². The van der Waals surface area contributed by atoms with Crippen LogP contribution in [0.25, 0.3) is 10.9 Å². The molecule has 1 aromatic carbocycles. The fourth-order valence-corrected chi connectivity index (χ4v) is 5.09. The maximum atomic E-state index is 13.4. The molecular formula is C25H26N6O4S. The number of benzene rings is 1. The van der Waals surface area contributed by atoms with Crippen molar-refractivity contribution in [2.24, 2.45) is 0 Å². The lowest BCUT2D eigenvalue weighted by molar-refractivity contribution is 0.0962. The molecule has 10 nitrogen and oxygen atoms in total. The standard InChI is InChI=1S/C25H26N6O4S/c1-13-10-19-17(14(2)28-13)7-8-31(19)25(34)18-11-15(5-6-20(18)32)29-24-21(23(33)30-36-24)22(26)27-12-16-4-3-9-35-16/h5-8,10-11,16,29,32H,3-4,9,12H2,1-2H3,(H2,26,27)(H,30,33). The van der Waals surface area contributed by atoms with Crippen LogP contribution in [0, 0.1) is 19.3 Å². The Bertz CT molecular complexity index is 1470. The van der Waals surface area contributed by atoms with E-state index < -0.39 is 5.91 Å². The van der Waals surface area contributed by atoms with Crippen molar-refractivity contribution in [2.45, 2.75) is 32.8 Å². The maximum Gasteiger partial charge on any atom is 0.266 e. The van der Waals surface area contributed by atoms with Gasteiger partial charge in [-0.1, -0.05) is 0 Å². The van der Waals surface area contributed by atoms with Crippen LogP contribution in [0.1, 0.15) is 40.2 Å². The van der Waals surface area contributed by atoms with E-state index in [0.29, 0.717) is 29.4 Å². The van der Waals surface area contributed by atoms with E-state index in [2.05, 4.69) is 20.0 Å². The number of carbonyl (C=O) groups excluding carboxylic acids is 1. The number of rotatable bonds is 6. The van der Waals surface area contributed by atoms with Crippen molar-refractivity contribution in [2.75, 3.05) is 18.5 Å². The largest absolute Gasteiger partial charge is 0.507 e. The number of hydrogen-bond acceptors (Lipinski definition) is 9. The van der Waals surface area contributed by atoms with Crippen LogP contribution in [-0.4, -0.2) is 55.1 Å². The van der Waals surface area contributed by atoms with Crippen LogP contribution in [-0.2, 0) is 4.74 Å². The second-order valence-electron chi connectivity index (χ2n) is 8.73. The molecule has 11 heteroatoms. The monoisotopic (exact) mass is 506 g/mol. The smallest absolute Gasteiger partial charge is 0.266 e. The third-order valence-electron chi connectivity index (χ3n) is 6.16. The fourth-order valence-electron chi connectivity index (χ4n) is 4.38. The SMILES string of the molecule is Cc1cc2c(ccn2C(=O)c2cc(Nc3snc(O)c3C(=N)NCC3CCCO3)ccc2O)c(C)n1. The summed E-state index contributed by atoms with van der Waals surface area (Å²) in [4.78, 5) is 17.9. The van der Waals surface area contributed by atoms with Crippen molar-refractivity contribution < 1.29 is 19.7 Å². The van der Waals surface area contributed by atoms with E-state index in [1.54, 1.807) is 12.3 Å². The first-order valence-electron chi connectivity index (χ1n) is 11.5. The number of nitrogens with zero attached hydrogens (tertiary/aromatic N) is 3. The number of carbonyl (C=O) groups is 1. The Morgan fingerprint density at radius 2 is 2.11 bits per heavy atom. The topological polar surface area (TPSA) is 145 Å². The first-order chi connectivity index (χ1) is 17.3. The molecule has 1 aliphatic rings. The van der Waals surface area contributed by atoms with Gasteiger partial charge in [0.05, 0.1) is 17.2 Å². The molecule has 4 heterocycles. The number of amidine groups is 1. The zero-order valence-corrected chi connectivity index (χ0v) is 20.6. The lowest BCUT2D eigenvalue weighted by atomic mass is 10.1. The van der Waals surface area contributed by atoms with E-state index >= 15 is 0 Å². The minimum absolute atomic E-state index is 0.0208. The molecule has 0 aliphatic carbocycles. The van der Waals surface area contributed by atoms with E-state index in [0.717, 1.165) is 41.1 Å². The second-order valence-corrected chi connectivity index (χ2v) is 9.50. The molecule has 1 aliphatic heterocycles. The number of fused-ring (bicyclic) bond motifs is 1. The quantitative estimate of drug-likeness (QED) is 0.150. The van der Waals surface area contributed by atoms with Crippen LogP contribution in [0.3, 0.4) is 0 Å². The number of ether oxygens (including phenoxy) is 1. The van der Waals surface area contributed by atoms with Crippen LogP contribution in [0.4, 0.5) is 10.7 Å². The van der Waals surface area contributed by atoms with Gasteiger partial charge in [0, 0.05) is 41.8 Å². The first kappa shape index (κ1) is 23.8. The van der Waals surface area contributed by atoms with Crippen molar-refractivity contribution in [1.29, 1.82) is 5.41 Å². The normalized spacial score (nSPS) is 15.3. The Balaban J connectivity index is 1.40. The number of phenolic OH excluding ortho intramolecular Hbond substituents is 1. The Morgan fingerprint density at radius 3 is 2.89 bits per heavy atom. The molecule has 0 spiro atoms. The van der Waals surface area contributed by atoms with E-state index in [-0.39, 0.29) is 34.7 Å². The minimum Gasteiger partial charge on any atom is -0.507 e. The molecule has 36 heavy (non-hydrogen) atoms. The molecule has 0 bridgehead atoms. The van der Waals surface area contributed by atoms with Crippen molar-refractivity contribution in [3.05, 3.63) is 59.0 Å². The number of aromatic hydroxyl groups is 2. The molecule has 1 atom stereocenters. The van der Waals surface area contributed by atoms with E-state index in [4.69, 9.17) is 10.1 Å². The third-order valence-corrected chi connectivity index (χ3v) is 6.92. The van der Waals surface area contributed by atoms with Crippen molar-refractivity contribution in [3.8, 4) is 11.6 Å². The van der Waals surface area contributed by atoms with Crippen molar-refractivity contribution in [3.63, 3.8) is 0 Å². The van der Waals surface area contributed by atoms with Gasteiger partial charge in [-0.05, 0) is 68.6 Å². The summed E-state index contributed by atoms with van der Waals surface area (Å²) >= 11 is 0.996. The van der Waals surface area contributed by atoms with E-state index in [9.17, 15) is 15.0 Å². The van der Waals surface area contributed by atoms with Crippen LogP contribution >= 0.6 is 11.5 Å². The molecule has 1 fully saturated rings. The summed E-state index contributed by atoms with van der Waals surface area (Å²) < 4.78 is 11.0. The zero-order valence-electron chi connectivity index (χ0n) is 19.8. The zero-order chi connectivity index (χ0) is 25.4. The van der Waals surface area contributed by atoms with Gasteiger partial charge < -0.3 is 25.6 Å². The lowest BCUT2D eigenvalue weighted by Gasteiger charge is -2.14. The predicted octanol–water partition coefficient (Wildman–Crippen LogP) is 4.05. The predicted molar refractivity (Wildman–Crippen MR) is 138 cm³/mol. The highest BCUT2D eigenvalue weighted by atomic mass is 32.1. The molecule has 1 unspecified atom stereocenters. The van der Waals surface area contributed by atoms with Crippen LogP contribution < -0.4 is 10.6 Å². The van der Waals surface area contributed by atoms with Gasteiger partial charge in [0.2, 0.25) is 5.88 Å². The highest BCUT2D eigenvalue weighted by Crippen LogP contribution is 2.34. The van der Waals surface area contributed by atoms with E-state index in [1.807, 2.05) is 26.0 Å².